The van der Waals surface area contributed by atoms with Gasteiger partial charge in [-0.3, -0.25) is 15.1 Å². The molecule has 0 atom stereocenters. The maximum atomic E-state index is 13.7. The van der Waals surface area contributed by atoms with Crippen molar-refractivity contribution < 1.29 is 14.3 Å². The van der Waals surface area contributed by atoms with E-state index in [2.05, 4.69) is 5.32 Å². The number of esters is 1. The van der Waals surface area contributed by atoms with Gasteiger partial charge in [-0.05, 0) is 28.8 Å². The van der Waals surface area contributed by atoms with Crippen LogP contribution in [0.2, 0.25) is 0 Å². The lowest BCUT2D eigenvalue weighted by Gasteiger charge is -2.28. The van der Waals surface area contributed by atoms with Gasteiger partial charge >= 0.3 is 5.97 Å². The number of carbonyl (C=O) groups excluding carboxylic acids is 2. The van der Waals surface area contributed by atoms with E-state index in [1.54, 1.807) is 24.3 Å². The molecule has 0 spiro atoms. The Bertz CT molecular complexity index is 1040. The highest BCUT2D eigenvalue weighted by molar-refractivity contribution is 6.10. The molecule has 2 N–H and O–H groups in total. The van der Waals surface area contributed by atoms with Crippen molar-refractivity contribution in [2.75, 3.05) is 7.11 Å². The third-order valence-corrected chi connectivity index (χ3v) is 5.27. The number of carbonyl (C=O) groups is 2. The van der Waals surface area contributed by atoms with Crippen LogP contribution in [0.3, 0.4) is 0 Å². The van der Waals surface area contributed by atoms with Crippen LogP contribution in [0.15, 0.2) is 84.9 Å². The van der Waals surface area contributed by atoms with E-state index in [1.807, 2.05) is 60.7 Å². The van der Waals surface area contributed by atoms with Gasteiger partial charge in [0.1, 0.15) is 0 Å². The third-order valence-electron chi connectivity index (χ3n) is 5.27. The van der Waals surface area contributed by atoms with E-state index >= 15 is 0 Å². The minimum atomic E-state index is -1.16. The van der Waals surface area contributed by atoms with Gasteiger partial charge in [-0.1, -0.05) is 72.8 Å². The van der Waals surface area contributed by atoms with Crippen molar-refractivity contribution in [3.8, 4) is 0 Å². The van der Waals surface area contributed by atoms with Gasteiger partial charge in [0.05, 0.1) is 19.2 Å². The fraction of sp³-hybridized carbons (Fsp3) is 0.125. The molecule has 1 aliphatic rings. The van der Waals surface area contributed by atoms with Crippen molar-refractivity contribution >= 4 is 17.8 Å². The van der Waals surface area contributed by atoms with Crippen LogP contribution in [0.25, 0.3) is 0 Å². The van der Waals surface area contributed by atoms with Crippen molar-refractivity contribution in [2.24, 2.45) is 0 Å². The van der Waals surface area contributed by atoms with Gasteiger partial charge in [-0.2, -0.15) is 0 Å². The molecule has 0 radical (unpaired) electrons. The average molecular weight is 399 g/mol. The van der Waals surface area contributed by atoms with Gasteiger partial charge in [0, 0.05) is 0 Å². The Hall–Kier alpha value is -3.93. The predicted octanol–water partition coefficient (Wildman–Crippen LogP) is 3.28. The molecule has 3 aromatic carbocycles. The molecule has 4 rings (SSSR count). The smallest absolute Gasteiger partial charge is 0.337 e. The summed E-state index contributed by atoms with van der Waals surface area (Å²) in [5.74, 6) is -0.605. The van der Waals surface area contributed by atoms with Crippen LogP contribution in [0.4, 0.5) is 0 Å². The van der Waals surface area contributed by atoms with Crippen molar-refractivity contribution in [1.82, 2.24) is 10.2 Å². The topological polar surface area (TPSA) is 82.5 Å². The van der Waals surface area contributed by atoms with Crippen LogP contribution in [0, 0.1) is 5.41 Å². The Morgan fingerprint density at radius 3 is 1.97 bits per heavy atom. The van der Waals surface area contributed by atoms with E-state index in [0.717, 1.165) is 16.7 Å². The quantitative estimate of drug-likeness (QED) is 0.645. The van der Waals surface area contributed by atoms with Gasteiger partial charge in [0.2, 0.25) is 0 Å². The van der Waals surface area contributed by atoms with Crippen molar-refractivity contribution in [1.29, 1.82) is 5.41 Å². The zero-order valence-corrected chi connectivity index (χ0v) is 16.5. The highest BCUT2D eigenvalue weighted by atomic mass is 16.5. The molecule has 0 unspecified atom stereocenters. The number of amides is 1. The average Bonchev–Trinajstić information content (AvgIpc) is 3.06. The van der Waals surface area contributed by atoms with Crippen LogP contribution in [0.5, 0.6) is 0 Å². The van der Waals surface area contributed by atoms with Crippen LogP contribution in [-0.4, -0.2) is 29.8 Å². The fourth-order valence-electron chi connectivity index (χ4n) is 3.73. The van der Waals surface area contributed by atoms with Crippen molar-refractivity contribution in [3.05, 3.63) is 107 Å². The largest absolute Gasteiger partial charge is 0.465 e. The number of guanidine groups is 1. The first-order valence-corrected chi connectivity index (χ1v) is 9.53. The highest BCUT2D eigenvalue weighted by Crippen LogP contribution is 2.36. The lowest BCUT2D eigenvalue weighted by Crippen LogP contribution is -2.45. The summed E-state index contributed by atoms with van der Waals surface area (Å²) in [6.45, 7) is 0.216. The normalized spacial score (nSPS) is 15.0. The minimum Gasteiger partial charge on any atom is -0.465 e. The number of nitrogens with one attached hydrogen (secondary N) is 2. The number of nitrogens with zero attached hydrogens (tertiary/aromatic N) is 1. The van der Waals surface area contributed by atoms with Crippen molar-refractivity contribution in [3.63, 3.8) is 0 Å². The lowest BCUT2D eigenvalue weighted by molar-refractivity contribution is -0.130. The number of methoxy groups -OCH3 is 1. The van der Waals surface area contributed by atoms with E-state index < -0.39 is 11.5 Å². The van der Waals surface area contributed by atoms with Gasteiger partial charge in [-0.25, -0.2) is 4.79 Å². The first-order chi connectivity index (χ1) is 14.6. The standard InChI is InChI=1S/C24H21N3O3/c1-30-21(28)18-14-12-17(13-15-18)16-27-22(29)24(26-23(27)25,19-8-4-2-5-9-19)20-10-6-3-7-11-20/h2-15H,16H2,1H3,(H2,25,26). The second-order valence-corrected chi connectivity index (χ2v) is 7.04. The molecule has 6 nitrogen and oxygen atoms in total. The number of benzene rings is 3. The molecular formula is C24H21N3O3. The Morgan fingerprint density at radius 2 is 1.47 bits per heavy atom. The molecule has 1 heterocycles. The Labute approximate surface area is 174 Å². The monoisotopic (exact) mass is 399 g/mol. The molecule has 1 amide bonds. The summed E-state index contributed by atoms with van der Waals surface area (Å²) in [5, 5.41) is 11.6. The summed E-state index contributed by atoms with van der Waals surface area (Å²) in [7, 11) is 1.33. The molecule has 3 aromatic rings. The zero-order valence-electron chi connectivity index (χ0n) is 16.5. The Morgan fingerprint density at radius 1 is 0.933 bits per heavy atom. The summed E-state index contributed by atoms with van der Waals surface area (Å²) in [5.41, 5.74) is 1.62. The maximum Gasteiger partial charge on any atom is 0.337 e. The van der Waals surface area contributed by atoms with Gasteiger partial charge in [0.25, 0.3) is 5.91 Å². The molecule has 150 valence electrons. The number of hydrogen-bond donors (Lipinski definition) is 2. The zero-order chi connectivity index (χ0) is 21.1. The second-order valence-electron chi connectivity index (χ2n) is 7.04. The summed E-state index contributed by atoms with van der Waals surface area (Å²) >= 11 is 0. The fourth-order valence-corrected chi connectivity index (χ4v) is 3.73. The number of ether oxygens (including phenoxy) is 1. The summed E-state index contributed by atoms with van der Waals surface area (Å²) in [6, 6.07) is 25.7. The SMILES string of the molecule is COC(=O)c1ccc(CN2C(=N)NC(c3ccccc3)(c3ccccc3)C2=O)cc1. The van der Waals surface area contributed by atoms with Gasteiger partial charge in [0.15, 0.2) is 11.5 Å². The third kappa shape index (κ3) is 3.22. The first-order valence-electron chi connectivity index (χ1n) is 9.53. The molecule has 0 bridgehead atoms. The minimum absolute atomic E-state index is 0.0322. The van der Waals surface area contributed by atoms with Crippen LogP contribution in [0.1, 0.15) is 27.0 Å². The molecular weight excluding hydrogens is 378 g/mol. The molecule has 1 fully saturated rings. The number of rotatable bonds is 5. The second kappa shape index (κ2) is 7.83. The van der Waals surface area contributed by atoms with E-state index in [1.165, 1.54) is 12.0 Å². The van der Waals surface area contributed by atoms with Crippen LogP contribution in [-0.2, 0) is 21.6 Å². The van der Waals surface area contributed by atoms with E-state index in [-0.39, 0.29) is 18.4 Å². The number of hydrogen-bond acceptors (Lipinski definition) is 4. The first kappa shape index (κ1) is 19.4. The molecule has 1 saturated heterocycles. The summed E-state index contributed by atoms with van der Waals surface area (Å²) in [6.07, 6.45) is 0. The van der Waals surface area contributed by atoms with E-state index in [0.29, 0.717) is 5.56 Å². The summed E-state index contributed by atoms with van der Waals surface area (Å²) in [4.78, 5) is 26.8. The van der Waals surface area contributed by atoms with E-state index in [9.17, 15) is 9.59 Å². The van der Waals surface area contributed by atoms with Crippen LogP contribution < -0.4 is 5.32 Å². The molecule has 6 heteroatoms. The van der Waals surface area contributed by atoms with E-state index in [4.69, 9.17) is 10.1 Å². The highest BCUT2D eigenvalue weighted by Gasteiger charge is 2.52. The molecule has 0 saturated carbocycles. The molecule has 30 heavy (non-hydrogen) atoms. The molecule has 0 aliphatic carbocycles. The Kier molecular flexibility index (Phi) is 5.06. The maximum absolute atomic E-state index is 13.7. The molecule has 1 aliphatic heterocycles. The van der Waals surface area contributed by atoms with Gasteiger partial charge in [-0.15, -0.1) is 0 Å². The van der Waals surface area contributed by atoms with Gasteiger partial charge < -0.3 is 10.1 Å². The Balaban J connectivity index is 1.70. The lowest BCUT2D eigenvalue weighted by atomic mass is 9.82. The van der Waals surface area contributed by atoms with Crippen molar-refractivity contribution in [2.45, 2.75) is 12.1 Å². The van der Waals surface area contributed by atoms with Crippen LogP contribution >= 0.6 is 0 Å². The summed E-state index contributed by atoms with van der Waals surface area (Å²) < 4.78 is 4.72. The molecule has 0 aromatic heterocycles. The predicted molar refractivity (Wildman–Crippen MR) is 113 cm³/mol.